The van der Waals surface area contributed by atoms with Gasteiger partial charge in [-0.15, -0.1) is 0 Å². The van der Waals surface area contributed by atoms with Gasteiger partial charge in [-0.25, -0.2) is 0 Å². The predicted molar refractivity (Wildman–Crippen MR) is 91.7 cm³/mol. The zero-order valence-electron chi connectivity index (χ0n) is 14.2. The van der Waals surface area contributed by atoms with Gasteiger partial charge in [0, 0.05) is 43.7 Å². The maximum absolute atomic E-state index is 12.9. The quantitative estimate of drug-likeness (QED) is 0.851. The lowest BCUT2D eigenvalue weighted by molar-refractivity contribution is -0.139. The first-order chi connectivity index (χ1) is 11.8. The average Bonchev–Trinajstić information content (AvgIpc) is 2.62. The van der Waals surface area contributed by atoms with Gasteiger partial charge in [0.2, 0.25) is 0 Å². The fraction of sp³-hybridized carbons (Fsp3) is 0.650. The molecule has 0 N–H and O–H groups in total. The average molecular weight is 329 g/mol. The lowest BCUT2D eigenvalue weighted by Crippen LogP contribution is -2.57. The molecule has 4 nitrogen and oxygen atoms in total. The van der Waals surface area contributed by atoms with Crippen LogP contribution in [0.15, 0.2) is 30.3 Å². The minimum atomic E-state index is 0.221. The molecule has 3 heterocycles. The van der Waals surface area contributed by atoms with Crippen LogP contribution in [-0.2, 0) is 20.8 Å². The number of carbonyl (C=O) groups excluding carboxylic acids is 1. The zero-order valence-corrected chi connectivity index (χ0v) is 14.2. The van der Waals surface area contributed by atoms with Crippen LogP contribution >= 0.6 is 0 Å². The van der Waals surface area contributed by atoms with Gasteiger partial charge in [0.15, 0.2) is 0 Å². The molecule has 4 heteroatoms. The normalized spacial score (nSPS) is 31.8. The first-order valence-corrected chi connectivity index (χ1v) is 9.30. The van der Waals surface area contributed by atoms with Gasteiger partial charge in [-0.2, -0.15) is 0 Å². The van der Waals surface area contributed by atoms with E-state index in [0.29, 0.717) is 17.9 Å². The molecule has 2 unspecified atom stereocenters. The number of hydrogen-bond acceptors (Lipinski definition) is 4. The van der Waals surface area contributed by atoms with Gasteiger partial charge >= 0.3 is 0 Å². The molecule has 1 aromatic rings. The number of rotatable bonds is 4. The van der Waals surface area contributed by atoms with Crippen LogP contribution in [0, 0.1) is 11.8 Å². The van der Waals surface area contributed by atoms with E-state index in [4.69, 9.17) is 9.47 Å². The minimum Gasteiger partial charge on any atom is -0.381 e. The second kappa shape index (κ2) is 7.34. The summed E-state index contributed by atoms with van der Waals surface area (Å²) in [7, 11) is 0. The third-order valence-electron chi connectivity index (χ3n) is 5.91. The second-order valence-electron chi connectivity index (χ2n) is 7.46. The maximum Gasteiger partial charge on any atom is 0.139 e. The molecule has 3 aliphatic heterocycles. The summed E-state index contributed by atoms with van der Waals surface area (Å²) in [5.41, 5.74) is 1.35. The van der Waals surface area contributed by atoms with Crippen LogP contribution in [0.25, 0.3) is 0 Å². The predicted octanol–water partition coefficient (Wildman–Crippen LogP) is 2.66. The Kier molecular flexibility index (Phi) is 4.97. The summed E-state index contributed by atoms with van der Waals surface area (Å²) in [5.74, 6) is 0.944. The molecule has 130 valence electrons. The Morgan fingerprint density at radius 1 is 0.958 bits per heavy atom. The Morgan fingerprint density at radius 3 is 2.29 bits per heavy atom. The summed E-state index contributed by atoms with van der Waals surface area (Å²) in [5, 5.41) is 0. The molecule has 24 heavy (non-hydrogen) atoms. The van der Waals surface area contributed by atoms with E-state index in [1.807, 2.05) is 0 Å². The summed E-state index contributed by atoms with van der Waals surface area (Å²) in [4.78, 5) is 15.5. The van der Waals surface area contributed by atoms with E-state index in [9.17, 15) is 4.79 Å². The highest BCUT2D eigenvalue weighted by Crippen LogP contribution is 2.35. The van der Waals surface area contributed by atoms with Gasteiger partial charge < -0.3 is 9.47 Å². The monoisotopic (exact) mass is 329 g/mol. The second-order valence-corrected chi connectivity index (χ2v) is 7.46. The highest BCUT2D eigenvalue weighted by atomic mass is 16.5. The summed E-state index contributed by atoms with van der Waals surface area (Å²) in [6, 6.07) is 11.4. The fourth-order valence-corrected chi connectivity index (χ4v) is 4.59. The SMILES string of the molecule is O=C(C1CCOCC1)C1CC2COCC(C1)N2Cc1ccccc1. The van der Waals surface area contributed by atoms with Crippen LogP contribution in [0.1, 0.15) is 31.2 Å². The summed E-state index contributed by atoms with van der Waals surface area (Å²) in [6.07, 6.45) is 3.74. The molecule has 0 amide bonds. The maximum atomic E-state index is 12.9. The van der Waals surface area contributed by atoms with Crippen LogP contribution < -0.4 is 0 Å². The fourth-order valence-electron chi connectivity index (χ4n) is 4.59. The van der Waals surface area contributed by atoms with Crippen LogP contribution in [0.4, 0.5) is 0 Å². The number of Topliss-reactive ketones (excluding diaryl/α,β-unsaturated/α-hetero) is 1. The highest BCUT2D eigenvalue weighted by molar-refractivity contribution is 5.83. The standard InChI is InChI=1S/C20H27NO3/c22-20(16-6-8-23-9-7-16)17-10-18-13-24-14-19(11-17)21(18)12-15-4-2-1-3-5-15/h1-5,16-19H,6-14H2. The highest BCUT2D eigenvalue weighted by Gasteiger charge is 2.42. The van der Waals surface area contributed by atoms with Crippen molar-refractivity contribution < 1.29 is 14.3 Å². The molecule has 2 atom stereocenters. The molecular formula is C20H27NO3. The Morgan fingerprint density at radius 2 is 1.62 bits per heavy atom. The number of morpholine rings is 1. The molecule has 2 bridgehead atoms. The summed E-state index contributed by atoms with van der Waals surface area (Å²) >= 11 is 0. The van der Waals surface area contributed by atoms with E-state index in [1.165, 1.54) is 5.56 Å². The first kappa shape index (κ1) is 16.2. The van der Waals surface area contributed by atoms with Crippen molar-refractivity contribution in [1.82, 2.24) is 4.90 Å². The number of fused-ring (bicyclic) bond motifs is 2. The summed E-state index contributed by atoms with van der Waals surface area (Å²) in [6.45, 7) is 4.00. The molecule has 0 spiro atoms. The van der Waals surface area contributed by atoms with Crippen molar-refractivity contribution in [3.8, 4) is 0 Å². The molecule has 0 aliphatic carbocycles. The van der Waals surface area contributed by atoms with E-state index in [2.05, 4.69) is 35.2 Å². The van der Waals surface area contributed by atoms with Crippen LogP contribution in [-0.4, -0.2) is 49.2 Å². The van der Waals surface area contributed by atoms with Gasteiger partial charge in [0.05, 0.1) is 13.2 Å². The Balaban J connectivity index is 1.43. The van der Waals surface area contributed by atoms with E-state index in [1.54, 1.807) is 0 Å². The van der Waals surface area contributed by atoms with Crippen molar-refractivity contribution in [3.05, 3.63) is 35.9 Å². The van der Waals surface area contributed by atoms with Crippen LogP contribution in [0.2, 0.25) is 0 Å². The smallest absolute Gasteiger partial charge is 0.139 e. The van der Waals surface area contributed by atoms with E-state index in [0.717, 1.165) is 58.7 Å². The largest absolute Gasteiger partial charge is 0.381 e. The van der Waals surface area contributed by atoms with Gasteiger partial charge in [0.1, 0.15) is 5.78 Å². The van der Waals surface area contributed by atoms with Crippen LogP contribution in [0.5, 0.6) is 0 Å². The Bertz CT molecular complexity index is 541. The molecule has 4 rings (SSSR count). The van der Waals surface area contributed by atoms with Crippen molar-refractivity contribution >= 4 is 5.78 Å². The molecule has 3 saturated heterocycles. The van der Waals surface area contributed by atoms with E-state index < -0.39 is 0 Å². The van der Waals surface area contributed by atoms with Gasteiger partial charge in [-0.3, -0.25) is 9.69 Å². The lowest BCUT2D eigenvalue weighted by atomic mass is 9.77. The molecule has 0 aromatic heterocycles. The molecule has 3 aliphatic rings. The Labute approximate surface area is 144 Å². The number of nitrogens with zero attached hydrogens (tertiary/aromatic N) is 1. The van der Waals surface area contributed by atoms with Crippen molar-refractivity contribution in [1.29, 1.82) is 0 Å². The van der Waals surface area contributed by atoms with Gasteiger partial charge in [0.25, 0.3) is 0 Å². The molecule has 0 saturated carbocycles. The van der Waals surface area contributed by atoms with Crippen molar-refractivity contribution in [2.75, 3.05) is 26.4 Å². The third-order valence-corrected chi connectivity index (χ3v) is 5.91. The van der Waals surface area contributed by atoms with E-state index >= 15 is 0 Å². The zero-order chi connectivity index (χ0) is 16.4. The number of carbonyl (C=O) groups is 1. The molecule has 0 radical (unpaired) electrons. The number of benzene rings is 1. The van der Waals surface area contributed by atoms with Crippen molar-refractivity contribution in [2.45, 2.75) is 44.3 Å². The molecular weight excluding hydrogens is 302 g/mol. The molecule has 1 aromatic carbocycles. The minimum absolute atomic E-state index is 0.221. The number of piperidine rings is 1. The molecule has 3 fully saturated rings. The number of hydrogen-bond donors (Lipinski definition) is 0. The summed E-state index contributed by atoms with van der Waals surface area (Å²) < 4.78 is 11.2. The van der Waals surface area contributed by atoms with Gasteiger partial charge in [-0.05, 0) is 31.2 Å². The van der Waals surface area contributed by atoms with Crippen molar-refractivity contribution in [3.63, 3.8) is 0 Å². The van der Waals surface area contributed by atoms with E-state index in [-0.39, 0.29) is 11.8 Å². The van der Waals surface area contributed by atoms with Crippen LogP contribution in [0.3, 0.4) is 0 Å². The van der Waals surface area contributed by atoms with Crippen molar-refractivity contribution in [2.24, 2.45) is 11.8 Å². The number of ether oxygens (including phenoxy) is 2. The van der Waals surface area contributed by atoms with Gasteiger partial charge in [-0.1, -0.05) is 30.3 Å². The number of ketones is 1. The first-order valence-electron chi connectivity index (χ1n) is 9.30. The topological polar surface area (TPSA) is 38.8 Å². The Hall–Kier alpha value is -1.23. The third kappa shape index (κ3) is 3.41. The lowest BCUT2D eigenvalue weighted by Gasteiger charge is -2.48.